The van der Waals surface area contributed by atoms with Crippen LogP contribution in [0, 0.1) is 15.9 Å². The third-order valence-corrected chi connectivity index (χ3v) is 3.15. The molecule has 126 valence electrons. The van der Waals surface area contributed by atoms with Gasteiger partial charge in [-0.15, -0.1) is 0 Å². The number of carbonyl (C=O) groups excluding carboxylic acids is 1. The predicted molar refractivity (Wildman–Crippen MR) is 86.2 cm³/mol. The summed E-state index contributed by atoms with van der Waals surface area (Å²) in [5, 5.41) is 13.6. The fraction of sp³-hybridized carbons (Fsp3) is 0. The number of rotatable bonds is 5. The lowest BCUT2D eigenvalue weighted by Crippen LogP contribution is -2.11. The molecule has 1 amide bonds. The van der Waals surface area contributed by atoms with E-state index in [0.717, 1.165) is 0 Å². The molecular formula is C17H11FN2O5. The Morgan fingerprint density at radius 1 is 1.12 bits per heavy atom. The first kappa shape index (κ1) is 16.2. The molecule has 0 saturated heterocycles. The van der Waals surface area contributed by atoms with Crippen LogP contribution < -0.4 is 10.1 Å². The number of non-ortho nitro benzene ring substituents is 1. The standard InChI is InChI=1S/C17H11FN2O5/c18-11-3-5-14(6-4-11)25-15-9-12(8-13(10-15)20(22)23)19-17(21)16-2-1-7-24-16/h1-10H,(H,19,21). The van der Waals surface area contributed by atoms with Crippen molar-refractivity contribution in [3.8, 4) is 11.5 Å². The lowest BCUT2D eigenvalue weighted by atomic mass is 10.2. The van der Waals surface area contributed by atoms with Gasteiger partial charge in [-0.2, -0.15) is 0 Å². The highest BCUT2D eigenvalue weighted by Gasteiger charge is 2.15. The van der Waals surface area contributed by atoms with Gasteiger partial charge in [0.25, 0.3) is 11.6 Å². The van der Waals surface area contributed by atoms with Gasteiger partial charge >= 0.3 is 0 Å². The van der Waals surface area contributed by atoms with Crippen LogP contribution >= 0.6 is 0 Å². The van der Waals surface area contributed by atoms with Gasteiger partial charge in [0.15, 0.2) is 5.76 Å². The van der Waals surface area contributed by atoms with Crippen LogP contribution in [0.2, 0.25) is 0 Å². The van der Waals surface area contributed by atoms with E-state index < -0.39 is 16.6 Å². The molecule has 3 aromatic rings. The Bertz CT molecular complexity index is 907. The van der Waals surface area contributed by atoms with Crippen LogP contribution in [-0.2, 0) is 0 Å². The molecule has 7 nitrogen and oxygen atoms in total. The number of anilines is 1. The van der Waals surface area contributed by atoms with Gasteiger partial charge in [0.05, 0.1) is 22.9 Å². The lowest BCUT2D eigenvalue weighted by molar-refractivity contribution is -0.384. The summed E-state index contributed by atoms with van der Waals surface area (Å²) in [5.74, 6) is -0.510. The smallest absolute Gasteiger partial charge is 0.291 e. The molecule has 0 unspecified atom stereocenters. The van der Waals surface area contributed by atoms with Gasteiger partial charge in [-0.1, -0.05) is 0 Å². The Hall–Kier alpha value is -3.68. The van der Waals surface area contributed by atoms with E-state index in [0.29, 0.717) is 5.75 Å². The molecule has 0 radical (unpaired) electrons. The second-order valence-electron chi connectivity index (χ2n) is 4.96. The summed E-state index contributed by atoms with van der Waals surface area (Å²) in [6.07, 6.45) is 1.34. The number of nitro groups is 1. The highest BCUT2D eigenvalue weighted by atomic mass is 19.1. The van der Waals surface area contributed by atoms with Crippen LogP contribution in [0.25, 0.3) is 0 Å². The Morgan fingerprint density at radius 2 is 1.88 bits per heavy atom. The molecule has 0 bridgehead atoms. The van der Waals surface area contributed by atoms with E-state index in [2.05, 4.69) is 5.32 Å². The molecule has 1 N–H and O–H groups in total. The number of nitro benzene ring substituents is 1. The molecule has 2 aromatic carbocycles. The number of nitrogens with zero attached hydrogens (tertiary/aromatic N) is 1. The maximum absolute atomic E-state index is 12.9. The molecule has 0 spiro atoms. The third kappa shape index (κ3) is 3.99. The second kappa shape index (κ2) is 6.83. The van der Waals surface area contributed by atoms with Crippen molar-refractivity contribution in [3.63, 3.8) is 0 Å². The number of amides is 1. The van der Waals surface area contributed by atoms with E-state index in [1.54, 1.807) is 6.07 Å². The number of ether oxygens (including phenoxy) is 1. The highest BCUT2D eigenvalue weighted by molar-refractivity contribution is 6.02. The molecule has 0 aliphatic rings. The van der Waals surface area contributed by atoms with E-state index in [1.165, 1.54) is 54.8 Å². The molecule has 1 aromatic heterocycles. The monoisotopic (exact) mass is 342 g/mol. The Balaban J connectivity index is 1.87. The molecule has 0 aliphatic carbocycles. The number of hydrogen-bond acceptors (Lipinski definition) is 5. The van der Waals surface area contributed by atoms with E-state index in [1.807, 2.05) is 0 Å². The summed E-state index contributed by atoms with van der Waals surface area (Å²) in [6.45, 7) is 0. The molecule has 0 saturated carbocycles. The first-order valence-corrected chi connectivity index (χ1v) is 7.09. The maximum Gasteiger partial charge on any atom is 0.291 e. The van der Waals surface area contributed by atoms with Crippen LogP contribution in [0.15, 0.2) is 65.3 Å². The summed E-state index contributed by atoms with van der Waals surface area (Å²) < 4.78 is 23.4. The summed E-state index contributed by atoms with van der Waals surface area (Å²) in [7, 11) is 0. The van der Waals surface area contributed by atoms with Crippen LogP contribution in [0.1, 0.15) is 10.6 Å². The topological polar surface area (TPSA) is 94.6 Å². The summed E-state index contributed by atoms with van der Waals surface area (Å²) >= 11 is 0. The number of hydrogen-bond donors (Lipinski definition) is 1. The molecule has 1 heterocycles. The minimum Gasteiger partial charge on any atom is -0.459 e. The largest absolute Gasteiger partial charge is 0.459 e. The van der Waals surface area contributed by atoms with Crippen LogP contribution in [0.3, 0.4) is 0 Å². The number of benzene rings is 2. The maximum atomic E-state index is 12.9. The third-order valence-electron chi connectivity index (χ3n) is 3.15. The second-order valence-corrected chi connectivity index (χ2v) is 4.96. The zero-order valence-corrected chi connectivity index (χ0v) is 12.6. The Labute approximate surface area is 140 Å². The average molecular weight is 342 g/mol. The van der Waals surface area contributed by atoms with Gasteiger partial charge in [0.2, 0.25) is 0 Å². The molecule has 0 aliphatic heterocycles. The van der Waals surface area contributed by atoms with Crippen molar-refractivity contribution in [2.24, 2.45) is 0 Å². The SMILES string of the molecule is O=C(Nc1cc(Oc2ccc(F)cc2)cc([N+](=O)[O-])c1)c1ccco1. The van der Waals surface area contributed by atoms with Crippen molar-refractivity contribution in [1.29, 1.82) is 0 Å². The predicted octanol–water partition coefficient (Wildman–Crippen LogP) is 4.37. The molecule has 0 atom stereocenters. The van der Waals surface area contributed by atoms with Crippen molar-refractivity contribution in [3.05, 3.63) is 82.6 Å². The summed E-state index contributed by atoms with van der Waals surface area (Å²) in [6, 6.07) is 12.0. The van der Waals surface area contributed by atoms with Crippen LogP contribution in [-0.4, -0.2) is 10.8 Å². The molecule has 8 heteroatoms. The summed E-state index contributed by atoms with van der Waals surface area (Å²) in [5.41, 5.74) is -0.109. The number of furan rings is 1. The van der Waals surface area contributed by atoms with Gasteiger partial charge in [0, 0.05) is 12.1 Å². The lowest BCUT2D eigenvalue weighted by Gasteiger charge is -2.09. The minimum atomic E-state index is -0.611. The fourth-order valence-electron chi connectivity index (χ4n) is 2.06. The van der Waals surface area contributed by atoms with Gasteiger partial charge < -0.3 is 14.5 Å². The Kier molecular flexibility index (Phi) is 4.42. The van der Waals surface area contributed by atoms with E-state index in [-0.39, 0.29) is 22.9 Å². The van der Waals surface area contributed by atoms with Crippen molar-refractivity contribution in [2.45, 2.75) is 0 Å². The van der Waals surface area contributed by atoms with Gasteiger partial charge in [0.1, 0.15) is 17.3 Å². The average Bonchev–Trinajstić information content (AvgIpc) is 3.11. The van der Waals surface area contributed by atoms with Crippen molar-refractivity contribution >= 4 is 17.3 Å². The van der Waals surface area contributed by atoms with E-state index in [4.69, 9.17) is 9.15 Å². The quantitative estimate of drug-likeness (QED) is 0.549. The number of carbonyl (C=O) groups is 1. The van der Waals surface area contributed by atoms with E-state index in [9.17, 15) is 19.3 Å². The minimum absolute atomic E-state index is 0.0625. The van der Waals surface area contributed by atoms with Gasteiger partial charge in [-0.05, 0) is 36.4 Å². The molecule has 3 rings (SSSR count). The zero-order chi connectivity index (χ0) is 17.8. The number of halogens is 1. The van der Waals surface area contributed by atoms with Gasteiger partial charge in [-0.25, -0.2) is 4.39 Å². The first-order valence-electron chi connectivity index (χ1n) is 7.09. The van der Waals surface area contributed by atoms with E-state index >= 15 is 0 Å². The van der Waals surface area contributed by atoms with Gasteiger partial charge in [-0.3, -0.25) is 14.9 Å². The summed E-state index contributed by atoms with van der Waals surface area (Å²) in [4.78, 5) is 22.5. The van der Waals surface area contributed by atoms with Crippen molar-refractivity contribution in [2.75, 3.05) is 5.32 Å². The molecule has 0 fully saturated rings. The normalized spacial score (nSPS) is 10.3. The zero-order valence-electron chi connectivity index (χ0n) is 12.6. The van der Waals surface area contributed by atoms with Crippen LogP contribution in [0.5, 0.6) is 11.5 Å². The number of nitrogens with one attached hydrogen (secondary N) is 1. The van der Waals surface area contributed by atoms with Crippen molar-refractivity contribution < 1.29 is 23.3 Å². The van der Waals surface area contributed by atoms with Crippen molar-refractivity contribution in [1.82, 2.24) is 0 Å². The fourth-order valence-corrected chi connectivity index (χ4v) is 2.06. The molecular weight excluding hydrogens is 331 g/mol. The highest BCUT2D eigenvalue weighted by Crippen LogP contribution is 2.30. The Morgan fingerprint density at radius 3 is 2.52 bits per heavy atom. The van der Waals surface area contributed by atoms with Crippen LogP contribution in [0.4, 0.5) is 15.8 Å². The first-order chi connectivity index (χ1) is 12.0. The molecule has 25 heavy (non-hydrogen) atoms.